The van der Waals surface area contributed by atoms with Crippen molar-refractivity contribution in [2.24, 2.45) is 0 Å². The van der Waals surface area contributed by atoms with E-state index < -0.39 is 0 Å². The molecule has 0 unspecified atom stereocenters. The summed E-state index contributed by atoms with van der Waals surface area (Å²) in [5.74, 6) is 1.83. The van der Waals surface area contributed by atoms with E-state index >= 15 is 0 Å². The van der Waals surface area contributed by atoms with Crippen molar-refractivity contribution in [3.8, 4) is 17.2 Å². The van der Waals surface area contributed by atoms with E-state index in [1.807, 2.05) is 60.7 Å². The van der Waals surface area contributed by atoms with Gasteiger partial charge in [0.25, 0.3) is 0 Å². The maximum Gasteiger partial charge on any atom is 0.196 e. The molecule has 0 saturated carbocycles. The number of ketones is 1. The van der Waals surface area contributed by atoms with Gasteiger partial charge in [0.1, 0.15) is 19.0 Å². The zero-order valence-electron chi connectivity index (χ0n) is 15.9. The van der Waals surface area contributed by atoms with E-state index in [1.54, 1.807) is 19.2 Å². The van der Waals surface area contributed by atoms with Gasteiger partial charge in [0.2, 0.25) is 0 Å². The van der Waals surface area contributed by atoms with Gasteiger partial charge in [-0.05, 0) is 53.6 Å². The topological polar surface area (TPSA) is 44.8 Å². The van der Waals surface area contributed by atoms with E-state index in [9.17, 15) is 4.79 Å². The van der Waals surface area contributed by atoms with Crippen LogP contribution in [0.25, 0.3) is 6.08 Å². The fourth-order valence-electron chi connectivity index (χ4n) is 3.12. The SMILES string of the molecule is COc1cc(C=C2COc3ccccc3C2=O)ccc1OCc1ccc(Cl)cc1. The molecule has 29 heavy (non-hydrogen) atoms. The van der Waals surface area contributed by atoms with E-state index in [4.69, 9.17) is 25.8 Å². The van der Waals surface area contributed by atoms with Gasteiger partial charge in [-0.1, -0.05) is 41.9 Å². The van der Waals surface area contributed by atoms with Gasteiger partial charge in [-0.25, -0.2) is 0 Å². The molecule has 5 heteroatoms. The first-order chi connectivity index (χ1) is 14.1. The maximum absolute atomic E-state index is 12.7. The molecular weight excluding hydrogens is 388 g/mol. The number of fused-ring (bicyclic) bond motifs is 1. The van der Waals surface area contributed by atoms with Crippen LogP contribution in [0.2, 0.25) is 5.02 Å². The van der Waals surface area contributed by atoms with Crippen molar-refractivity contribution in [2.45, 2.75) is 6.61 Å². The standard InChI is InChI=1S/C24H19ClO4/c1-27-23-13-17(8-11-22(23)28-14-16-6-9-19(25)10-7-16)12-18-15-29-21-5-3-2-4-20(21)24(18)26/h2-13H,14-15H2,1H3. The van der Waals surface area contributed by atoms with Crippen molar-refractivity contribution in [3.05, 3.63) is 94.0 Å². The Balaban J connectivity index is 1.53. The second kappa shape index (κ2) is 8.41. The molecule has 0 saturated heterocycles. The van der Waals surface area contributed by atoms with Crippen LogP contribution in [0.3, 0.4) is 0 Å². The first kappa shape index (κ1) is 19.1. The smallest absolute Gasteiger partial charge is 0.196 e. The largest absolute Gasteiger partial charge is 0.493 e. The van der Waals surface area contributed by atoms with Crippen molar-refractivity contribution < 1.29 is 19.0 Å². The normalized spacial score (nSPS) is 14.3. The Morgan fingerprint density at radius 1 is 1.03 bits per heavy atom. The van der Waals surface area contributed by atoms with E-state index in [0.29, 0.717) is 40.0 Å². The summed E-state index contributed by atoms with van der Waals surface area (Å²) in [6, 6.07) is 20.3. The Bertz CT molecular complexity index is 1070. The number of methoxy groups -OCH3 is 1. The molecule has 0 fully saturated rings. The van der Waals surface area contributed by atoms with Crippen LogP contribution in [0, 0.1) is 0 Å². The Morgan fingerprint density at radius 3 is 2.62 bits per heavy atom. The lowest BCUT2D eigenvalue weighted by Gasteiger charge is -2.18. The zero-order valence-corrected chi connectivity index (χ0v) is 16.6. The summed E-state index contributed by atoms with van der Waals surface area (Å²) in [4.78, 5) is 12.7. The average Bonchev–Trinajstić information content (AvgIpc) is 2.76. The van der Waals surface area contributed by atoms with Gasteiger partial charge in [-0.15, -0.1) is 0 Å². The van der Waals surface area contributed by atoms with E-state index in [2.05, 4.69) is 0 Å². The summed E-state index contributed by atoms with van der Waals surface area (Å²) in [6.07, 6.45) is 1.82. The van der Waals surface area contributed by atoms with Gasteiger partial charge in [0.15, 0.2) is 17.3 Å². The molecule has 0 atom stereocenters. The molecule has 0 bridgehead atoms. The highest BCUT2D eigenvalue weighted by Gasteiger charge is 2.22. The van der Waals surface area contributed by atoms with Gasteiger partial charge in [0, 0.05) is 10.6 Å². The lowest BCUT2D eigenvalue weighted by molar-refractivity contribution is 0.100. The highest BCUT2D eigenvalue weighted by molar-refractivity contribution is 6.30. The minimum atomic E-state index is -0.0196. The Kier molecular flexibility index (Phi) is 5.54. The van der Waals surface area contributed by atoms with Crippen LogP contribution in [-0.4, -0.2) is 19.5 Å². The molecule has 0 aliphatic carbocycles. The van der Waals surface area contributed by atoms with Crippen LogP contribution < -0.4 is 14.2 Å². The van der Waals surface area contributed by atoms with Gasteiger partial charge in [0.05, 0.1) is 12.7 Å². The van der Waals surface area contributed by atoms with E-state index in [-0.39, 0.29) is 12.4 Å². The number of Topliss-reactive ketones (excluding diaryl/α,β-unsaturated/α-hetero) is 1. The number of carbonyl (C=O) groups is 1. The Hall–Kier alpha value is -3.24. The maximum atomic E-state index is 12.7. The molecule has 0 amide bonds. The van der Waals surface area contributed by atoms with Crippen molar-refractivity contribution in [1.82, 2.24) is 0 Å². The fraction of sp³-hybridized carbons (Fsp3) is 0.125. The first-order valence-corrected chi connectivity index (χ1v) is 9.54. The Labute approximate surface area is 174 Å². The summed E-state index contributed by atoms with van der Waals surface area (Å²) >= 11 is 5.91. The molecule has 1 heterocycles. The number of carbonyl (C=O) groups excluding carboxylic acids is 1. The monoisotopic (exact) mass is 406 g/mol. The molecule has 0 spiro atoms. The lowest BCUT2D eigenvalue weighted by atomic mass is 9.98. The van der Waals surface area contributed by atoms with Gasteiger partial charge in [-0.3, -0.25) is 4.79 Å². The van der Waals surface area contributed by atoms with Crippen LogP contribution in [0.1, 0.15) is 21.5 Å². The third-order valence-corrected chi connectivity index (χ3v) is 4.89. The predicted octanol–water partition coefficient (Wildman–Crippen LogP) is 5.59. The molecule has 0 radical (unpaired) electrons. The number of hydrogen-bond acceptors (Lipinski definition) is 4. The summed E-state index contributed by atoms with van der Waals surface area (Å²) in [5.41, 5.74) is 3.03. The van der Waals surface area contributed by atoms with Crippen LogP contribution in [0.4, 0.5) is 0 Å². The third kappa shape index (κ3) is 4.28. The predicted molar refractivity (Wildman–Crippen MR) is 113 cm³/mol. The molecule has 3 aromatic rings. The second-order valence-electron chi connectivity index (χ2n) is 6.61. The van der Waals surface area contributed by atoms with Crippen LogP contribution in [0.15, 0.2) is 72.3 Å². The molecular formula is C24H19ClO4. The molecule has 146 valence electrons. The van der Waals surface area contributed by atoms with Gasteiger partial charge >= 0.3 is 0 Å². The first-order valence-electron chi connectivity index (χ1n) is 9.16. The number of para-hydroxylation sites is 1. The highest BCUT2D eigenvalue weighted by atomic mass is 35.5. The van der Waals surface area contributed by atoms with Crippen molar-refractivity contribution >= 4 is 23.5 Å². The molecule has 0 N–H and O–H groups in total. The van der Waals surface area contributed by atoms with Gasteiger partial charge in [-0.2, -0.15) is 0 Å². The summed E-state index contributed by atoms with van der Waals surface area (Å²) in [5, 5.41) is 0.688. The number of hydrogen-bond donors (Lipinski definition) is 0. The summed E-state index contributed by atoms with van der Waals surface area (Å²) < 4.78 is 17.1. The number of benzene rings is 3. The van der Waals surface area contributed by atoms with E-state index in [0.717, 1.165) is 11.1 Å². The number of ether oxygens (including phenoxy) is 3. The third-order valence-electron chi connectivity index (χ3n) is 4.64. The Morgan fingerprint density at radius 2 is 1.83 bits per heavy atom. The zero-order chi connectivity index (χ0) is 20.2. The van der Waals surface area contributed by atoms with Crippen molar-refractivity contribution in [3.63, 3.8) is 0 Å². The average molecular weight is 407 g/mol. The molecule has 4 rings (SSSR count). The minimum Gasteiger partial charge on any atom is -0.493 e. The van der Waals surface area contributed by atoms with Crippen molar-refractivity contribution in [2.75, 3.05) is 13.7 Å². The molecule has 1 aliphatic heterocycles. The molecule has 3 aromatic carbocycles. The second-order valence-corrected chi connectivity index (χ2v) is 7.05. The van der Waals surface area contributed by atoms with Crippen molar-refractivity contribution in [1.29, 1.82) is 0 Å². The molecule has 1 aliphatic rings. The van der Waals surface area contributed by atoms with Gasteiger partial charge < -0.3 is 14.2 Å². The van der Waals surface area contributed by atoms with Crippen LogP contribution >= 0.6 is 11.6 Å². The minimum absolute atomic E-state index is 0.0196. The van der Waals surface area contributed by atoms with Crippen LogP contribution in [0.5, 0.6) is 17.2 Å². The molecule has 4 nitrogen and oxygen atoms in total. The quantitative estimate of drug-likeness (QED) is 0.518. The van der Waals surface area contributed by atoms with E-state index in [1.165, 1.54) is 0 Å². The molecule has 0 aromatic heterocycles. The lowest BCUT2D eigenvalue weighted by Crippen LogP contribution is -2.18. The number of rotatable bonds is 5. The highest BCUT2D eigenvalue weighted by Crippen LogP contribution is 2.32. The summed E-state index contributed by atoms with van der Waals surface area (Å²) in [6.45, 7) is 0.643. The summed E-state index contributed by atoms with van der Waals surface area (Å²) in [7, 11) is 1.59. The fourth-order valence-corrected chi connectivity index (χ4v) is 3.24. The number of halogens is 1. The van der Waals surface area contributed by atoms with Crippen LogP contribution in [-0.2, 0) is 6.61 Å².